The fraction of sp³-hybridized carbons (Fsp3) is 0.150. The van der Waals surface area contributed by atoms with Crippen molar-refractivity contribution in [1.82, 2.24) is 0 Å². The summed E-state index contributed by atoms with van der Waals surface area (Å²) in [7, 11) is 0. The van der Waals surface area contributed by atoms with E-state index in [-0.39, 0.29) is 18.1 Å². The van der Waals surface area contributed by atoms with E-state index in [0.717, 1.165) is 16.7 Å². The van der Waals surface area contributed by atoms with Crippen molar-refractivity contribution in [1.29, 1.82) is 0 Å². The second-order valence-electron chi connectivity index (χ2n) is 5.63. The van der Waals surface area contributed by atoms with Gasteiger partial charge in [-0.15, -0.1) is 0 Å². The number of para-hydroxylation sites is 1. The van der Waals surface area contributed by atoms with E-state index in [2.05, 4.69) is 0 Å². The van der Waals surface area contributed by atoms with Crippen molar-refractivity contribution in [2.75, 3.05) is 18.1 Å². The van der Waals surface area contributed by atoms with Gasteiger partial charge in [0.05, 0.1) is 17.2 Å². The van der Waals surface area contributed by atoms with Gasteiger partial charge in [0.25, 0.3) is 11.1 Å². The number of carbonyl (C=O) groups excluding carboxylic acids is 3. The van der Waals surface area contributed by atoms with Gasteiger partial charge in [0, 0.05) is 10.6 Å². The van der Waals surface area contributed by atoms with Crippen molar-refractivity contribution >= 4 is 52.2 Å². The van der Waals surface area contributed by atoms with Crippen LogP contribution in [-0.4, -0.2) is 30.3 Å². The number of ether oxygens (including phenoxy) is 2. The van der Waals surface area contributed by atoms with Crippen LogP contribution in [0.5, 0.6) is 5.75 Å². The van der Waals surface area contributed by atoms with E-state index in [0.29, 0.717) is 22.0 Å². The molecule has 1 saturated heterocycles. The summed E-state index contributed by atoms with van der Waals surface area (Å²) in [6, 6.07) is 13.4. The Morgan fingerprint density at radius 1 is 1.14 bits per heavy atom. The molecule has 0 N–H and O–H groups in total. The van der Waals surface area contributed by atoms with Gasteiger partial charge >= 0.3 is 5.97 Å². The van der Waals surface area contributed by atoms with Crippen molar-refractivity contribution in [3.05, 3.63) is 64.0 Å². The molecule has 1 aliphatic rings. The molecule has 0 unspecified atom stereocenters. The Hall–Kier alpha value is -2.77. The molecule has 2 aromatic rings. The molecule has 0 atom stereocenters. The quantitative estimate of drug-likeness (QED) is 0.508. The topological polar surface area (TPSA) is 72.9 Å². The molecule has 1 heterocycles. The Morgan fingerprint density at radius 2 is 1.86 bits per heavy atom. The van der Waals surface area contributed by atoms with Crippen molar-refractivity contribution in [2.24, 2.45) is 0 Å². The Morgan fingerprint density at radius 3 is 2.57 bits per heavy atom. The first-order valence-corrected chi connectivity index (χ1v) is 9.60. The van der Waals surface area contributed by atoms with Gasteiger partial charge in [0.1, 0.15) is 5.75 Å². The molecular formula is C20H16ClNO5S. The first-order chi connectivity index (χ1) is 13.5. The van der Waals surface area contributed by atoms with Crippen molar-refractivity contribution in [2.45, 2.75) is 6.92 Å². The number of carbonyl (C=O) groups is 3. The lowest BCUT2D eigenvalue weighted by Crippen LogP contribution is -2.27. The fourth-order valence-electron chi connectivity index (χ4n) is 2.49. The highest BCUT2D eigenvalue weighted by molar-refractivity contribution is 8.19. The molecule has 0 bridgehead atoms. The number of halogens is 1. The number of thioether (sulfide) groups is 1. The summed E-state index contributed by atoms with van der Waals surface area (Å²) in [5.41, 5.74) is 1.02. The molecule has 2 amide bonds. The van der Waals surface area contributed by atoms with Gasteiger partial charge in [-0.2, -0.15) is 0 Å². The normalized spacial score (nSPS) is 15.2. The first kappa shape index (κ1) is 20.0. The van der Waals surface area contributed by atoms with Crippen molar-refractivity contribution in [3.63, 3.8) is 0 Å². The number of imide groups is 1. The van der Waals surface area contributed by atoms with E-state index in [1.54, 1.807) is 61.5 Å². The lowest BCUT2D eigenvalue weighted by atomic mass is 10.2. The predicted octanol–water partition coefficient (Wildman–Crippen LogP) is 4.52. The van der Waals surface area contributed by atoms with Crippen molar-refractivity contribution in [3.8, 4) is 5.75 Å². The van der Waals surface area contributed by atoms with E-state index < -0.39 is 17.1 Å². The van der Waals surface area contributed by atoms with Crippen LogP contribution in [0.1, 0.15) is 12.5 Å². The maximum atomic E-state index is 12.7. The van der Waals surface area contributed by atoms with E-state index in [1.807, 2.05) is 0 Å². The molecule has 0 spiro atoms. The highest BCUT2D eigenvalue weighted by Crippen LogP contribution is 2.37. The second kappa shape index (κ2) is 8.95. The van der Waals surface area contributed by atoms with Gasteiger partial charge < -0.3 is 9.47 Å². The van der Waals surface area contributed by atoms with Gasteiger partial charge in [0.2, 0.25) is 0 Å². The first-order valence-electron chi connectivity index (χ1n) is 8.40. The lowest BCUT2D eigenvalue weighted by Gasteiger charge is -2.12. The molecule has 0 aliphatic carbocycles. The summed E-state index contributed by atoms with van der Waals surface area (Å²) < 4.78 is 10.3. The zero-order chi connectivity index (χ0) is 20.1. The Balaban J connectivity index is 1.82. The Bertz CT molecular complexity index is 942. The van der Waals surface area contributed by atoms with Crippen LogP contribution in [0.3, 0.4) is 0 Å². The largest absolute Gasteiger partial charge is 0.481 e. The second-order valence-corrected chi connectivity index (χ2v) is 7.05. The lowest BCUT2D eigenvalue weighted by molar-refractivity contribution is -0.145. The molecule has 3 rings (SSSR count). The number of anilines is 1. The summed E-state index contributed by atoms with van der Waals surface area (Å²) >= 11 is 6.70. The minimum atomic E-state index is -0.486. The standard InChI is InChI=1S/C20H16ClNO5S/c1-2-26-18(23)12-27-16-6-4-3-5-13(16)11-17-19(24)22(20(25)28-17)15-9-7-14(21)8-10-15/h3-11H,2,12H2,1H3/b17-11+. The molecule has 0 aromatic heterocycles. The summed E-state index contributed by atoms with van der Waals surface area (Å²) in [5, 5.41) is 0.113. The maximum Gasteiger partial charge on any atom is 0.344 e. The van der Waals surface area contributed by atoms with E-state index in [1.165, 1.54) is 0 Å². The monoisotopic (exact) mass is 417 g/mol. The fourth-order valence-corrected chi connectivity index (χ4v) is 3.45. The van der Waals surface area contributed by atoms with Crippen LogP contribution in [0.25, 0.3) is 6.08 Å². The van der Waals surface area contributed by atoms with Crippen LogP contribution >= 0.6 is 23.4 Å². The maximum absolute atomic E-state index is 12.7. The van der Waals surface area contributed by atoms with Gasteiger partial charge in [-0.1, -0.05) is 29.8 Å². The molecule has 0 saturated carbocycles. The van der Waals surface area contributed by atoms with Crippen LogP contribution in [-0.2, 0) is 14.3 Å². The Kier molecular flexibility index (Phi) is 6.38. The van der Waals surface area contributed by atoms with Crippen molar-refractivity contribution < 1.29 is 23.9 Å². The number of hydrogen-bond acceptors (Lipinski definition) is 6. The molecule has 6 nitrogen and oxygen atoms in total. The highest BCUT2D eigenvalue weighted by atomic mass is 35.5. The molecule has 1 fully saturated rings. The number of esters is 1. The third-order valence-electron chi connectivity index (χ3n) is 3.73. The molecule has 8 heteroatoms. The minimum absolute atomic E-state index is 0.245. The minimum Gasteiger partial charge on any atom is -0.481 e. The molecule has 144 valence electrons. The number of hydrogen-bond donors (Lipinski definition) is 0. The summed E-state index contributed by atoms with van der Waals surface area (Å²) in [5.74, 6) is -0.508. The predicted molar refractivity (Wildman–Crippen MR) is 108 cm³/mol. The van der Waals surface area contributed by atoms with Crippen LogP contribution in [0.15, 0.2) is 53.4 Å². The number of amides is 2. The summed E-state index contributed by atoms with van der Waals surface area (Å²) in [6.07, 6.45) is 1.57. The van der Waals surface area contributed by atoms with Crippen LogP contribution in [0.2, 0.25) is 5.02 Å². The molecule has 2 aromatic carbocycles. The third kappa shape index (κ3) is 4.55. The van der Waals surface area contributed by atoms with Gasteiger partial charge in [-0.05, 0) is 55.1 Å². The third-order valence-corrected chi connectivity index (χ3v) is 4.86. The summed E-state index contributed by atoms with van der Waals surface area (Å²) in [6.45, 7) is 1.73. The van der Waals surface area contributed by atoms with Crippen LogP contribution in [0.4, 0.5) is 10.5 Å². The van der Waals surface area contributed by atoms with Crippen LogP contribution in [0, 0.1) is 0 Å². The Labute approximate surface area is 171 Å². The van der Waals surface area contributed by atoms with Gasteiger partial charge in [-0.25, -0.2) is 9.69 Å². The van der Waals surface area contributed by atoms with Gasteiger partial charge in [-0.3, -0.25) is 9.59 Å². The smallest absolute Gasteiger partial charge is 0.344 e. The number of benzene rings is 2. The average Bonchev–Trinajstić information content (AvgIpc) is 2.95. The molecule has 1 aliphatic heterocycles. The highest BCUT2D eigenvalue weighted by Gasteiger charge is 2.36. The number of nitrogens with zero attached hydrogens (tertiary/aromatic N) is 1. The molecular weight excluding hydrogens is 402 g/mol. The van der Waals surface area contributed by atoms with Gasteiger partial charge in [0.15, 0.2) is 6.61 Å². The van der Waals surface area contributed by atoms with Crippen LogP contribution < -0.4 is 9.64 Å². The average molecular weight is 418 g/mol. The molecule has 0 radical (unpaired) electrons. The zero-order valence-corrected chi connectivity index (χ0v) is 16.5. The molecule has 28 heavy (non-hydrogen) atoms. The SMILES string of the molecule is CCOC(=O)COc1ccccc1/C=C1/SC(=O)N(c2ccc(Cl)cc2)C1=O. The number of rotatable bonds is 6. The van der Waals surface area contributed by atoms with E-state index >= 15 is 0 Å². The zero-order valence-electron chi connectivity index (χ0n) is 14.9. The summed E-state index contributed by atoms with van der Waals surface area (Å²) in [4.78, 5) is 37.9. The van der Waals surface area contributed by atoms with E-state index in [4.69, 9.17) is 21.1 Å². The van der Waals surface area contributed by atoms with E-state index in [9.17, 15) is 14.4 Å².